The van der Waals surface area contributed by atoms with Gasteiger partial charge in [0.1, 0.15) is 6.61 Å². The highest BCUT2D eigenvalue weighted by atomic mass is 16.6. The Balaban J connectivity index is 3.89. The molecule has 0 saturated heterocycles. The maximum Gasteiger partial charge on any atom is 0.335 e. The first-order valence-corrected chi connectivity index (χ1v) is 4.15. The van der Waals surface area contributed by atoms with Crippen molar-refractivity contribution in [3.63, 3.8) is 0 Å². The van der Waals surface area contributed by atoms with Crippen LogP contribution in [0.2, 0.25) is 0 Å². The van der Waals surface area contributed by atoms with Crippen molar-refractivity contribution >= 4 is 12.3 Å². The highest BCUT2D eigenvalue weighted by Crippen LogP contribution is 2.11. The average Bonchev–Trinajstić information content (AvgIpc) is 1.96. The molecule has 0 saturated carbocycles. The molecule has 0 rings (SSSR count). The van der Waals surface area contributed by atoms with Gasteiger partial charge >= 0.3 is 5.97 Å². The van der Waals surface area contributed by atoms with Crippen molar-refractivity contribution in [1.82, 2.24) is 0 Å². The molecule has 0 amide bonds. The van der Waals surface area contributed by atoms with E-state index in [1.165, 1.54) is 0 Å². The largest absolute Gasteiger partial charge is 0.456 e. The first-order valence-electron chi connectivity index (χ1n) is 4.15. The molecule has 0 aromatic heterocycles. The number of carbonyl (C=O) groups is 2. The quantitative estimate of drug-likeness (QED) is 0.486. The van der Waals surface area contributed by atoms with Crippen LogP contribution in [-0.2, 0) is 19.1 Å². The van der Waals surface area contributed by atoms with Gasteiger partial charge in [-0.3, -0.25) is 4.79 Å². The van der Waals surface area contributed by atoms with E-state index in [1.807, 2.05) is 20.8 Å². The van der Waals surface area contributed by atoms with E-state index in [2.05, 4.69) is 4.74 Å². The van der Waals surface area contributed by atoms with Gasteiger partial charge in [-0.2, -0.15) is 0 Å². The van der Waals surface area contributed by atoms with E-state index in [-0.39, 0.29) is 12.2 Å². The summed E-state index contributed by atoms with van der Waals surface area (Å²) in [6, 6.07) is 0. The molecule has 0 aromatic rings. The minimum Gasteiger partial charge on any atom is -0.456 e. The predicted molar refractivity (Wildman–Crippen MR) is 47.3 cm³/mol. The van der Waals surface area contributed by atoms with Crippen LogP contribution in [0.3, 0.4) is 0 Å². The molecule has 0 aromatic carbocycles. The van der Waals surface area contributed by atoms with Gasteiger partial charge in [-0.15, -0.1) is 0 Å². The van der Waals surface area contributed by atoms with Crippen molar-refractivity contribution in [3.8, 4) is 0 Å². The lowest BCUT2D eigenvalue weighted by atomic mass is 10.2. The van der Waals surface area contributed by atoms with Gasteiger partial charge < -0.3 is 9.47 Å². The Morgan fingerprint density at radius 3 is 2.38 bits per heavy atom. The Hall–Kier alpha value is -0.900. The Labute approximate surface area is 78.2 Å². The van der Waals surface area contributed by atoms with Gasteiger partial charge in [0.2, 0.25) is 0 Å². The standard InChI is InChI=1S/C9H16O4/c1-7(13-9(2,3)4)8(11)12-6-5-10/h5,7H,6H2,1-4H3. The number of aldehydes is 1. The third-order valence-corrected chi connectivity index (χ3v) is 1.16. The maximum atomic E-state index is 11.1. The van der Waals surface area contributed by atoms with E-state index in [4.69, 9.17) is 4.74 Å². The summed E-state index contributed by atoms with van der Waals surface area (Å²) in [6.07, 6.45) is -0.109. The van der Waals surface area contributed by atoms with Crippen molar-refractivity contribution in [2.45, 2.75) is 39.4 Å². The molecular formula is C9H16O4. The molecule has 1 unspecified atom stereocenters. The molecule has 4 heteroatoms. The SMILES string of the molecule is CC(OC(C)(C)C)C(=O)OCC=O. The summed E-state index contributed by atoms with van der Waals surface area (Å²) in [6.45, 7) is 6.92. The second-order valence-electron chi connectivity index (χ2n) is 3.67. The van der Waals surface area contributed by atoms with E-state index in [1.54, 1.807) is 6.92 Å². The highest BCUT2D eigenvalue weighted by molar-refractivity contribution is 5.75. The van der Waals surface area contributed by atoms with Gasteiger partial charge in [0.25, 0.3) is 0 Å². The normalized spacial score (nSPS) is 13.5. The molecule has 76 valence electrons. The van der Waals surface area contributed by atoms with E-state index in [0.29, 0.717) is 6.29 Å². The van der Waals surface area contributed by atoms with Crippen molar-refractivity contribution in [2.24, 2.45) is 0 Å². The van der Waals surface area contributed by atoms with E-state index in [0.717, 1.165) is 0 Å². The zero-order valence-electron chi connectivity index (χ0n) is 8.49. The van der Waals surface area contributed by atoms with Crippen LogP contribution < -0.4 is 0 Å². The third-order valence-electron chi connectivity index (χ3n) is 1.16. The zero-order valence-corrected chi connectivity index (χ0v) is 8.49. The van der Waals surface area contributed by atoms with E-state index >= 15 is 0 Å². The Bertz CT molecular complexity index is 181. The summed E-state index contributed by atoms with van der Waals surface area (Å²) in [5.41, 5.74) is -0.389. The lowest BCUT2D eigenvalue weighted by Crippen LogP contribution is -2.32. The molecule has 0 bridgehead atoms. The Kier molecular flexibility index (Phi) is 4.62. The summed E-state index contributed by atoms with van der Waals surface area (Å²) in [5, 5.41) is 0. The molecule has 0 aliphatic carbocycles. The number of hydrogen-bond donors (Lipinski definition) is 0. The van der Waals surface area contributed by atoms with Crippen LogP contribution in [0.15, 0.2) is 0 Å². The van der Waals surface area contributed by atoms with Crippen molar-refractivity contribution < 1.29 is 19.1 Å². The smallest absolute Gasteiger partial charge is 0.335 e. The fourth-order valence-corrected chi connectivity index (χ4v) is 0.812. The summed E-state index contributed by atoms with van der Waals surface area (Å²) >= 11 is 0. The Morgan fingerprint density at radius 2 is 2.00 bits per heavy atom. The number of carbonyl (C=O) groups excluding carboxylic acids is 2. The molecule has 1 atom stereocenters. The van der Waals surface area contributed by atoms with Crippen LogP contribution in [-0.4, -0.2) is 30.6 Å². The second kappa shape index (κ2) is 4.97. The van der Waals surface area contributed by atoms with Crippen LogP contribution in [0, 0.1) is 0 Å². The van der Waals surface area contributed by atoms with Crippen LogP contribution in [0.1, 0.15) is 27.7 Å². The number of hydrogen-bond acceptors (Lipinski definition) is 4. The lowest BCUT2D eigenvalue weighted by molar-refractivity contribution is -0.164. The zero-order chi connectivity index (χ0) is 10.5. The summed E-state index contributed by atoms with van der Waals surface area (Å²) in [7, 11) is 0. The molecule has 0 aliphatic rings. The number of ether oxygens (including phenoxy) is 2. The second-order valence-corrected chi connectivity index (χ2v) is 3.67. The molecular weight excluding hydrogens is 172 g/mol. The average molecular weight is 188 g/mol. The van der Waals surface area contributed by atoms with Crippen LogP contribution in [0.25, 0.3) is 0 Å². The molecule has 0 heterocycles. The van der Waals surface area contributed by atoms with E-state index in [9.17, 15) is 9.59 Å². The molecule has 0 N–H and O–H groups in total. The summed E-state index contributed by atoms with van der Waals surface area (Å²) in [4.78, 5) is 21.0. The minimum atomic E-state index is -0.639. The maximum absolute atomic E-state index is 11.1. The molecule has 0 fully saturated rings. The van der Waals surface area contributed by atoms with Gasteiger partial charge in [0.05, 0.1) is 5.60 Å². The Morgan fingerprint density at radius 1 is 1.46 bits per heavy atom. The van der Waals surface area contributed by atoms with Gasteiger partial charge in [-0.25, -0.2) is 4.79 Å². The van der Waals surface area contributed by atoms with Crippen LogP contribution >= 0.6 is 0 Å². The van der Waals surface area contributed by atoms with Crippen molar-refractivity contribution in [1.29, 1.82) is 0 Å². The highest BCUT2D eigenvalue weighted by Gasteiger charge is 2.21. The summed E-state index contributed by atoms with van der Waals surface area (Å²) in [5.74, 6) is -0.512. The van der Waals surface area contributed by atoms with Gasteiger partial charge in [0, 0.05) is 0 Å². The van der Waals surface area contributed by atoms with Gasteiger partial charge in [0.15, 0.2) is 12.4 Å². The molecule has 4 nitrogen and oxygen atoms in total. The molecule has 0 aliphatic heterocycles. The first kappa shape index (κ1) is 12.1. The fraction of sp³-hybridized carbons (Fsp3) is 0.778. The van der Waals surface area contributed by atoms with Crippen molar-refractivity contribution in [3.05, 3.63) is 0 Å². The molecule has 13 heavy (non-hydrogen) atoms. The monoisotopic (exact) mass is 188 g/mol. The molecule has 0 spiro atoms. The number of rotatable bonds is 4. The first-order chi connectivity index (χ1) is 5.87. The van der Waals surface area contributed by atoms with Gasteiger partial charge in [-0.1, -0.05) is 0 Å². The molecule has 0 radical (unpaired) electrons. The predicted octanol–water partition coefficient (Wildman–Crippen LogP) is 0.932. The lowest BCUT2D eigenvalue weighted by Gasteiger charge is -2.23. The van der Waals surface area contributed by atoms with Crippen molar-refractivity contribution in [2.75, 3.05) is 6.61 Å². The van der Waals surface area contributed by atoms with E-state index < -0.39 is 12.1 Å². The minimum absolute atomic E-state index is 0.212. The topological polar surface area (TPSA) is 52.6 Å². The van der Waals surface area contributed by atoms with Crippen LogP contribution in [0.5, 0.6) is 0 Å². The van der Waals surface area contributed by atoms with Crippen LogP contribution in [0.4, 0.5) is 0 Å². The number of esters is 1. The fourth-order valence-electron chi connectivity index (χ4n) is 0.812. The third kappa shape index (κ3) is 6.28. The summed E-state index contributed by atoms with van der Waals surface area (Å²) < 4.78 is 9.87. The van der Waals surface area contributed by atoms with Gasteiger partial charge in [-0.05, 0) is 27.7 Å².